The maximum Gasteiger partial charge on any atom is 0.344 e. The van der Waals surface area contributed by atoms with Crippen molar-refractivity contribution in [2.24, 2.45) is 0 Å². The van der Waals surface area contributed by atoms with Crippen LogP contribution in [0.3, 0.4) is 0 Å². The molecular formula is C15H22ClNO3. The molecule has 0 radical (unpaired) electrons. The molecule has 1 atom stereocenters. The van der Waals surface area contributed by atoms with Crippen LogP contribution in [0.4, 0.5) is 0 Å². The van der Waals surface area contributed by atoms with Gasteiger partial charge in [0.15, 0.2) is 6.61 Å². The first kappa shape index (κ1) is 16.8. The third-order valence-electron chi connectivity index (χ3n) is 2.98. The van der Waals surface area contributed by atoms with Crippen LogP contribution in [0.15, 0.2) is 18.2 Å². The van der Waals surface area contributed by atoms with Gasteiger partial charge in [-0.25, -0.2) is 4.79 Å². The van der Waals surface area contributed by atoms with Gasteiger partial charge in [0.05, 0.1) is 6.61 Å². The molecule has 0 heterocycles. The second-order valence-electron chi connectivity index (χ2n) is 4.56. The Morgan fingerprint density at radius 2 is 2.20 bits per heavy atom. The summed E-state index contributed by atoms with van der Waals surface area (Å²) < 4.78 is 10.6. The number of ether oxygens (including phenoxy) is 2. The van der Waals surface area contributed by atoms with E-state index >= 15 is 0 Å². The molecule has 0 bridgehead atoms. The molecule has 0 fully saturated rings. The van der Waals surface area contributed by atoms with Gasteiger partial charge in [-0.2, -0.15) is 0 Å². The van der Waals surface area contributed by atoms with Gasteiger partial charge >= 0.3 is 5.97 Å². The third-order valence-corrected chi connectivity index (χ3v) is 3.21. The topological polar surface area (TPSA) is 47.6 Å². The van der Waals surface area contributed by atoms with Crippen molar-refractivity contribution in [1.82, 2.24) is 5.32 Å². The Bertz CT molecular complexity index is 437. The number of hydrogen-bond acceptors (Lipinski definition) is 4. The van der Waals surface area contributed by atoms with Crippen LogP contribution < -0.4 is 10.1 Å². The lowest BCUT2D eigenvalue weighted by Gasteiger charge is -2.16. The normalized spacial score (nSPS) is 12.0. The van der Waals surface area contributed by atoms with Gasteiger partial charge in [0.2, 0.25) is 0 Å². The number of unbranched alkanes of at least 4 members (excludes halogenated alkanes) is 1. The van der Waals surface area contributed by atoms with E-state index < -0.39 is 0 Å². The maximum absolute atomic E-state index is 11.5. The zero-order valence-corrected chi connectivity index (χ0v) is 13.0. The van der Waals surface area contributed by atoms with Crippen molar-refractivity contribution in [2.45, 2.75) is 32.7 Å². The first-order chi connectivity index (χ1) is 9.58. The van der Waals surface area contributed by atoms with E-state index in [9.17, 15) is 4.79 Å². The number of carbonyl (C=O) groups excluding carboxylic acids is 1. The van der Waals surface area contributed by atoms with Gasteiger partial charge in [0.25, 0.3) is 0 Å². The van der Waals surface area contributed by atoms with Crippen LogP contribution in [0, 0.1) is 0 Å². The minimum atomic E-state index is -0.350. The van der Waals surface area contributed by atoms with E-state index in [1.54, 1.807) is 12.1 Å². The van der Waals surface area contributed by atoms with Crippen molar-refractivity contribution < 1.29 is 14.3 Å². The zero-order valence-electron chi connectivity index (χ0n) is 12.2. The van der Waals surface area contributed by atoms with Crippen molar-refractivity contribution in [3.8, 4) is 5.75 Å². The summed E-state index contributed by atoms with van der Waals surface area (Å²) in [6.07, 6.45) is 1.86. The van der Waals surface area contributed by atoms with E-state index in [1.807, 2.05) is 27.0 Å². The van der Waals surface area contributed by atoms with Gasteiger partial charge in [-0.05, 0) is 38.6 Å². The van der Waals surface area contributed by atoms with Gasteiger partial charge in [0, 0.05) is 16.6 Å². The number of carbonyl (C=O) groups is 1. The van der Waals surface area contributed by atoms with Crippen molar-refractivity contribution in [3.63, 3.8) is 0 Å². The standard InChI is InChI=1S/C15H22ClNO3/c1-4-5-8-19-15(18)10-20-14-7-6-12(16)9-13(14)11(2)17-3/h6-7,9,11,17H,4-5,8,10H2,1-3H3. The fourth-order valence-corrected chi connectivity index (χ4v) is 1.83. The van der Waals surface area contributed by atoms with Crippen LogP contribution in [0.25, 0.3) is 0 Å². The highest BCUT2D eigenvalue weighted by atomic mass is 35.5. The van der Waals surface area contributed by atoms with Gasteiger partial charge in [-0.1, -0.05) is 24.9 Å². The predicted molar refractivity (Wildman–Crippen MR) is 80.3 cm³/mol. The van der Waals surface area contributed by atoms with Crippen LogP contribution in [-0.4, -0.2) is 26.2 Å². The molecule has 0 spiro atoms. The second kappa shape index (κ2) is 8.82. The molecule has 1 N–H and O–H groups in total. The SMILES string of the molecule is CCCCOC(=O)COc1ccc(Cl)cc1C(C)NC. The van der Waals surface area contributed by atoms with Crippen LogP contribution in [-0.2, 0) is 9.53 Å². The van der Waals surface area contributed by atoms with Crippen LogP contribution in [0.2, 0.25) is 5.02 Å². The minimum absolute atomic E-state index is 0.0832. The molecule has 1 rings (SSSR count). The second-order valence-corrected chi connectivity index (χ2v) is 4.99. The summed E-state index contributed by atoms with van der Waals surface area (Å²) in [5, 5.41) is 3.76. The van der Waals surface area contributed by atoms with Gasteiger partial charge < -0.3 is 14.8 Å². The lowest BCUT2D eigenvalue weighted by atomic mass is 10.1. The quantitative estimate of drug-likeness (QED) is 0.591. The maximum atomic E-state index is 11.5. The Morgan fingerprint density at radius 1 is 1.45 bits per heavy atom. The highest BCUT2D eigenvalue weighted by Crippen LogP contribution is 2.28. The molecule has 0 saturated heterocycles. The Hall–Kier alpha value is -1.26. The summed E-state index contributed by atoms with van der Waals surface area (Å²) in [6.45, 7) is 4.40. The van der Waals surface area contributed by atoms with E-state index in [0.29, 0.717) is 17.4 Å². The molecular weight excluding hydrogens is 278 g/mol. The Morgan fingerprint density at radius 3 is 2.85 bits per heavy atom. The number of nitrogens with one attached hydrogen (secondary N) is 1. The van der Waals surface area contributed by atoms with Crippen molar-refractivity contribution in [3.05, 3.63) is 28.8 Å². The van der Waals surface area contributed by atoms with E-state index in [0.717, 1.165) is 18.4 Å². The fraction of sp³-hybridized carbons (Fsp3) is 0.533. The summed E-state index contributed by atoms with van der Waals surface area (Å²) in [6, 6.07) is 5.43. The average molecular weight is 300 g/mol. The lowest BCUT2D eigenvalue weighted by molar-refractivity contribution is -0.146. The molecule has 0 aliphatic carbocycles. The molecule has 0 saturated carbocycles. The summed E-state index contributed by atoms with van der Waals surface area (Å²) in [4.78, 5) is 11.5. The molecule has 20 heavy (non-hydrogen) atoms. The predicted octanol–water partition coefficient (Wildman–Crippen LogP) is 3.34. The first-order valence-corrected chi connectivity index (χ1v) is 7.21. The number of hydrogen-bond donors (Lipinski definition) is 1. The van der Waals surface area contributed by atoms with Crippen molar-refractivity contribution >= 4 is 17.6 Å². The number of rotatable bonds is 8. The highest BCUT2D eigenvalue weighted by Gasteiger charge is 2.12. The van der Waals surface area contributed by atoms with E-state index in [2.05, 4.69) is 5.32 Å². The number of halogens is 1. The summed E-state index contributed by atoms with van der Waals surface area (Å²) >= 11 is 5.99. The Balaban J connectivity index is 2.61. The molecule has 112 valence electrons. The number of benzene rings is 1. The zero-order chi connectivity index (χ0) is 15.0. The largest absolute Gasteiger partial charge is 0.482 e. The Kier molecular flexibility index (Phi) is 7.41. The smallest absolute Gasteiger partial charge is 0.344 e. The van der Waals surface area contributed by atoms with E-state index in [-0.39, 0.29) is 18.6 Å². The van der Waals surface area contributed by atoms with Crippen LogP contribution >= 0.6 is 11.6 Å². The monoisotopic (exact) mass is 299 g/mol. The van der Waals surface area contributed by atoms with Gasteiger partial charge in [-0.15, -0.1) is 0 Å². The Labute approximate surface area is 125 Å². The lowest BCUT2D eigenvalue weighted by Crippen LogP contribution is -2.18. The van der Waals surface area contributed by atoms with Crippen LogP contribution in [0.1, 0.15) is 38.3 Å². The van der Waals surface area contributed by atoms with Gasteiger partial charge in [-0.3, -0.25) is 0 Å². The van der Waals surface area contributed by atoms with Gasteiger partial charge in [0.1, 0.15) is 5.75 Å². The molecule has 5 heteroatoms. The van der Waals surface area contributed by atoms with Crippen molar-refractivity contribution in [1.29, 1.82) is 0 Å². The van der Waals surface area contributed by atoms with E-state index in [1.165, 1.54) is 0 Å². The molecule has 4 nitrogen and oxygen atoms in total. The summed E-state index contributed by atoms with van der Waals surface area (Å²) in [5.41, 5.74) is 0.918. The molecule has 1 unspecified atom stereocenters. The first-order valence-electron chi connectivity index (χ1n) is 6.83. The molecule has 0 amide bonds. The summed E-state index contributed by atoms with van der Waals surface area (Å²) in [7, 11) is 1.86. The molecule has 1 aromatic carbocycles. The minimum Gasteiger partial charge on any atom is -0.482 e. The fourth-order valence-electron chi connectivity index (χ4n) is 1.65. The van der Waals surface area contributed by atoms with Crippen LogP contribution in [0.5, 0.6) is 5.75 Å². The van der Waals surface area contributed by atoms with Crippen molar-refractivity contribution in [2.75, 3.05) is 20.3 Å². The molecule has 0 aliphatic heterocycles. The third kappa shape index (κ3) is 5.39. The molecule has 0 aliphatic rings. The number of esters is 1. The summed E-state index contributed by atoms with van der Waals surface area (Å²) in [5.74, 6) is 0.292. The average Bonchev–Trinajstić information content (AvgIpc) is 2.45. The molecule has 0 aromatic heterocycles. The van der Waals surface area contributed by atoms with E-state index in [4.69, 9.17) is 21.1 Å². The highest BCUT2D eigenvalue weighted by molar-refractivity contribution is 6.30. The molecule has 1 aromatic rings.